The molecule has 1 aliphatic rings. The maximum atomic E-state index is 12.4. The summed E-state index contributed by atoms with van der Waals surface area (Å²) in [5, 5.41) is 4.05. The maximum Gasteiger partial charge on any atom is 0.255 e. The average Bonchev–Trinajstić information content (AvgIpc) is 2.68. The van der Waals surface area contributed by atoms with Crippen LogP contribution in [-0.4, -0.2) is 16.8 Å². The fourth-order valence-corrected chi connectivity index (χ4v) is 3.74. The third-order valence-corrected chi connectivity index (χ3v) is 5.08. The van der Waals surface area contributed by atoms with Crippen LogP contribution in [0.4, 0.5) is 0 Å². The predicted octanol–water partition coefficient (Wildman–Crippen LogP) is 3.97. The van der Waals surface area contributed by atoms with E-state index >= 15 is 0 Å². The van der Waals surface area contributed by atoms with Gasteiger partial charge in [-0.15, -0.1) is 0 Å². The van der Waals surface area contributed by atoms with E-state index in [9.17, 15) is 4.79 Å². The van der Waals surface area contributed by atoms with E-state index in [4.69, 9.17) is 4.42 Å². The SMILES string of the molecule is Cc1cc(C(=O)NC2(CBr)CCCC(C)C2)c(C)o1. The maximum absolute atomic E-state index is 12.4. The molecule has 106 valence electrons. The molecule has 2 rings (SSSR count). The average molecular weight is 328 g/mol. The van der Waals surface area contributed by atoms with Gasteiger partial charge in [-0.3, -0.25) is 4.79 Å². The van der Waals surface area contributed by atoms with Crippen LogP contribution in [-0.2, 0) is 0 Å². The molecular formula is C15H22BrNO2. The van der Waals surface area contributed by atoms with E-state index in [1.165, 1.54) is 12.8 Å². The van der Waals surface area contributed by atoms with Gasteiger partial charge in [0, 0.05) is 5.33 Å². The van der Waals surface area contributed by atoms with Crippen molar-refractivity contribution in [2.75, 3.05) is 5.33 Å². The first kappa shape index (κ1) is 14.6. The number of hydrogen-bond donors (Lipinski definition) is 1. The number of hydrogen-bond acceptors (Lipinski definition) is 2. The van der Waals surface area contributed by atoms with Crippen LogP contribution >= 0.6 is 15.9 Å². The second-order valence-corrected chi connectivity index (χ2v) is 6.46. The van der Waals surface area contributed by atoms with Crippen molar-refractivity contribution < 1.29 is 9.21 Å². The van der Waals surface area contributed by atoms with Crippen LogP contribution in [0.3, 0.4) is 0 Å². The van der Waals surface area contributed by atoms with Gasteiger partial charge >= 0.3 is 0 Å². The molecule has 1 amide bonds. The molecule has 1 N–H and O–H groups in total. The molecule has 4 heteroatoms. The second kappa shape index (κ2) is 5.70. The number of carbonyl (C=O) groups excluding carboxylic acids is 1. The van der Waals surface area contributed by atoms with Crippen LogP contribution in [0.2, 0.25) is 0 Å². The van der Waals surface area contributed by atoms with E-state index in [-0.39, 0.29) is 11.4 Å². The molecular weight excluding hydrogens is 306 g/mol. The lowest BCUT2D eigenvalue weighted by atomic mass is 9.77. The molecule has 0 spiro atoms. The highest BCUT2D eigenvalue weighted by atomic mass is 79.9. The van der Waals surface area contributed by atoms with Crippen molar-refractivity contribution in [1.29, 1.82) is 0 Å². The predicted molar refractivity (Wildman–Crippen MR) is 79.8 cm³/mol. The highest BCUT2D eigenvalue weighted by molar-refractivity contribution is 9.09. The van der Waals surface area contributed by atoms with Gasteiger partial charge in [-0.2, -0.15) is 0 Å². The Morgan fingerprint density at radius 3 is 2.84 bits per heavy atom. The van der Waals surface area contributed by atoms with Gasteiger partial charge in [-0.25, -0.2) is 0 Å². The Hall–Kier alpha value is -0.770. The van der Waals surface area contributed by atoms with E-state index in [2.05, 4.69) is 28.2 Å². The first-order chi connectivity index (χ1) is 8.96. The molecule has 0 bridgehead atoms. The van der Waals surface area contributed by atoms with E-state index in [0.717, 1.165) is 23.9 Å². The molecule has 2 atom stereocenters. The fraction of sp³-hybridized carbons (Fsp3) is 0.667. The van der Waals surface area contributed by atoms with Gasteiger partial charge in [0.05, 0.1) is 11.1 Å². The molecule has 3 nitrogen and oxygen atoms in total. The van der Waals surface area contributed by atoms with Crippen molar-refractivity contribution in [3.63, 3.8) is 0 Å². The van der Waals surface area contributed by atoms with Crippen LogP contribution in [0.25, 0.3) is 0 Å². The van der Waals surface area contributed by atoms with Gasteiger partial charge in [0.25, 0.3) is 5.91 Å². The molecule has 1 fully saturated rings. The standard InChI is InChI=1S/C15H22BrNO2/c1-10-5-4-6-15(8-10,9-16)17-14(18)13-7-11(2)19-12(13)3/h7,10H,4-6,8-9H2,1-3H3,(H,17,18). The molecule has 1 aliphatic carbocycles. The van der Waals surface area contributed by atoms with Crippen LogP contribution < -0.4 is 5.32 Å². The Labute approximate surface area is 123 Å². The quantitative estimate of drug-likeness (QED) is 0.853. The van der Waals surface area contributed by atoms with Gasteiger partial charge in [-0.1, -0.05) is 35.7 Å². The Bertz CT molecular complexity index is 469. The van der Waals surface area contributed by atoms with Crippen molar-refractivity contribution in [3.8, 4) is 0 Å². The monoisotopic (exact) mass is 327 g/mol. The minimum Gasteiger partial charge on any atom is -0.466 e. The molecule has 1 heterocycles. The first-order valence-corrected chi connectivity index (χ1v) is 8.03. The topological polar surface area (TPSA) is 42.2 Å². The van der Waals surface area contributed by atoms with Crippen molar-refractivity contribution in [2.45, 2.75) is 52.0 Å². The molecule has 1 saturated carbocycles. The molecule has 0 aliphatic heterocycles. The van der Waals surface area contributed by atoms with Crippen LogP contribution in [0.5, 0.6) is 0 Å². The van der Waals surface area contributed by atoms with E-state index in [1.807, 2.05) is 19.9 Å². The van der Waals surface area contributed by atoms with Gasteiger partial charge in [0.1, 0.15) is 11.5 Å². The summed E-state index contributed by atoms with van der Waals surface area (Å²) in [6.07, 6.45) is 4.52. The largest absolute Gasteiger partial charge is 0.466 e. The summed E-state index contributed by atoms with van der Waals surface area (Å²) in [5.74, 6) is 2.14. The summed E-state index contributed by atoms with van der Waals surface area (Å²) < 4.78 is 5.44. The third kappa shape index (κ3) is 3.22. The van der Waals surface area contributed by atoms with Crippen LogP contribution in [0, 0.1) is 19.8 Å². The normalized spacial score (nSPS) is 27.3. The molecule has 19 heavy (non-hydrogen) atoms. The zero-order valence-corrected chi connectivity index (χ0v) is 13.5. The molecule has 0 radical (unpaired) electrons. The van der Waals surface area contributed by atoms with Gasteiger partial charge < -0.3 is 9.73 Å². The van der Waals surface area contributed by atoms with Crippen LogP contribution in [0.1, 0.15) is 54.5 Å². The highest BCUT2D eigenvalue weighted by Gasteiger charge is 2.36. The third-order valence-electron chi connectivity index (χ3n) is 4.01. The Balaban J connectivity index is 2.14. The first-order valence-electron chi connectivity index (χ1n) is 6.91. The second-order valence-electron chi connectivity index (χ2n) is 5.90. The number of halogens is 1. The lowest BCUT2D eigenvalue weighted by Crippen LogP contribution is -2.52. The van der Waals surface area contributed by atoms with Crippen molar-refractivity contribution in [2.24, 2.45) is 5.92 Å². The summed E-state index contributed by atoms with van der Waals surface area (Å²) in [6.45, 7) is 5.97. The molecule has 1 aromatic heterocycles. The molecule has 0 aromatic carbocycles. The van der Waals surface area contributed by atoms with E-state index < -0.39 is 0 Å². The van der Waals surface area contributed by atoms with Crippen LogP contribution in [0.15, 0.2) is 10.5 Å². The summed E-state index contributed by atoms with van der Waals surface area (Å²) in [5.41, 5.74) is 0.558. The summed E-state index contributed by atoms with van der Waals surface area (Å²) in [4.78, 5) is 12.4. The van der Waals surface area contributed by atoms with Gasteiger partial charge in [-0.05, 0) is 38.7 Å². The summed E-state index contributed by atoms with van der Waals surface area (Å²) >= 11 is 3.58. The summed E-state index contributed by atoms with van der Waals surface area (Å²) in [6, 6.07) is 1.82. The van der Waals surface area contributed by atoms with E-state index in [1.54, 1.807) is 0 Å². The zero-order chi connectivity index (χ0) is 14.0. The summed E-state index contributed by atoms with van der Waals surface area (Å²) in [7, 11) is 0. The van der Waals surface area contributed by atoms with Crippen molar-refractivity contribution >= 4 is 21.8 Å². The van der Waals surface area contributed by atoms with E-state index in [0.29, 0.717) is 17.2 Å². The Morgan fingerprint density at radius 2 is 2.32 bits per heavy atom. The number of aryl methyl sites for hydroxylation is 2. The Kier molecular flexibility index (Phi) is 4.39. The number of nitrogens with one attached hydrogen (secondary N) is 1. The van der Waals surface area contributed by atoms with Crippen molar-refractivity contribution in [3.05, 3.63) is 23.2 Å². The lowest BCUT2D eigenvalue weighted by molar-refractivity contribution is 0.0868. The number of alkyl halides is 1. The molecule has 0 saturated heterocycles. The number of carbonyl (C=O) groups is 1. The molecule has 2 unspecified atom stereocenters. The number of rotatable bonds is 3. The lowest BCUT2D eigenvalue weighted by Gasteiger charge is -2.39. The Morgan fingerprint density at radius 1 is 1.58 bits per heavy atom. The smallest absolute Gasteiger partial charge is 0.255 e. The fourth-order valence-electron chi connectivity index (χ4n) is 3.09. The number of furan rings is 1. The molecule has 1 aromatic rings. The van der Waals surface area contributed by atoms with Crippen molar-refractivity contribution in [1.82, 2.24) is 5.32 Å². The highest BCUT2D eigenvalue weighted by Crippen LogP contribution is 2.34. The minimum absolute atomic E-state index is 0.0112. The minimum atomic E-state index is -0.105. The van der Waals surface area contributed by atoms with Gasteiger partial charge in [0.2, 0.25) is 0 Å². The zero-order valence-electron chi connectivity index (χ0n) is 11.9. The number of amides is 1. The van der Waals surface area contributed by atoms with Gasteiger partial charge in [0.15, 0.2) is 0 Å².